The molecule has 0 saturated carbocycles. The fourth-order valence-corrected chi connectivity index (χ4v) is 2.51. The molecule has 1 saturated heterocycles. The third kappa shape index (κ3) is 3.11. The molecule has 1 fully saturated rings. The molecule has 5 heteroatoms. The summed E-state index contributed by atoms with van der Waals surface area (Å²) in [7, 11) is 0. The van der Waals surface area contributed by atoms with Gasteiger partial charge in [-0.25, -0.2) is 4.39 Å². The molecule has 0 aliphatic carbocycles. The summed E-state index contributed by atoms with van der Waals surface area (Å²) in [4.78, 5) is 11.9. The minimum absolute atomic E-state index is 0.0435. The van der Waals surface area contributed by atoms with Crippen molar-refractivity contribution in [3.63, 3.8) is 0 Å². The monoisotopic (exact) mass is 334 g/mol. The summed E-state index contributed by atoms with van der Waals surface area (Å²) >= 11 is 8.87. The lowest BCUT2D eigenvalue weighted by Crippen LogP contribution is -2.10. The van der Waals surface area contributed by atoms with Crippen LogP contribution >= 0.6 is 27.5 Å². The molecule has 98 valence electrons. The Kier molecular flexibility index (Phi) is 4.76. The van der Waals surface area contributed by atoms with Gasteiger partial charge in [0.15, 0.2) is 11.6 Å². The van der Waals surface area contributed by atoms with E-state index < -0.39 is 5.82 Å². The third-order valence-corrected chi connectivity index (χ3v) is 4.31. The van der Waals surface area contributed by atoms with Crippen LogP contribution in [0.15, 0.2) is 16.6 Å². The maximum absolute atomic E-state index is 13.8. The number of rotatable bonds is 4. The van der Waals surface area contributed by atoms with Gasteiger partial charge in [0.25, 0.3) is 0 Å². The number of halogens is 3. The van der Waals surface area contributed by atoms with Crippen molar-refractivity contribution in [1.82, 2.24) is 0 Å². The Balaban J connectivity index is 2.02. The lowest BCUT2D eigenvalue weighted by Gasteiger charge is -2.09. The summed E-state index contributed by atoms with van der Waals surface area (Å²) in [6.07, 6.45) is 3.10. The third-order valence-electron chi connectivity index (χ3n) is 3.05. The molecule has 1 aliphatic rings. The fourth-order valence-electron chi connectivity index (χ4n) is 2.04. The summed E-state index contributed by atoms with van der Waals surface area (Å²) in [5.41, 5.74) is 0.0567. The molecule has 0 spiro atoms. The first-order chi connectivity index (χ1) is 8.59. The van der Waals surface area contributed by atoms with Gasteiger partial charge in [0, 0.05) is 17.5 Å². The van der Waals surface area contributed by atoms with E-state index in [0.29, 0.717) is 17.3 Å². The van der Waals surface area contributed by atoms with Gasteiger partial charge in [-0.15, -0.1) is 0 Å². The zero-order valence-electron chi connectivity index (χ0n) is 9.72. The number of hydrogen-bond acceptors (Lipinski definition) is 2. The molecule has 0 aromatic heterocycles. The van der Waals surface area contributed by atoms with E-state index in [1.54, 1.807) is 6.07 Å². The average molecular weight is 336 g/mol. The van der Waals surface area contributed by atoms with Crippen molar-refractivity contribution in [2.24, 2.45) is 0 Å². The molecule has 0 radical (unpaired) electrons. The number of ether oxygens (including phenoxy) is 1. The van der Waals surface area contributed by atoms with Gasteiger partial charge in [0.05, 0.1) is 16.7 Å². The van der Waals surface area contributed by atoms with E-state index in [9.17, 15) is 9.18 Å². The second kappa shape index (κ2) is 6.13. The van der Waals surface area contributed by atoms with Crippen molar-refractivity contribution in [1.29, 1.82) is 0 Å². The molecule has 0 N–H and O–H groups in total. The van der Waals surface area contributed by atoms with E-state index in [-0.39, 0.29) is 22.5 Å². The molecule has 1 atom stereocenters. The first-order valence-corrected chi connectivity index (χ1v) is 7.05. The molecule has 1 aliphatic heterocycles. The highest BCUT2D eigenvalue weighted by atomic mass is 79.9. The molecule has 1 unspecified atom stereocenters. The number of ketones is 1. The van der Waals surface area contributed by atoms with E-state index in [2.05, 4.69) is 15.9 Å². The van der Waals surface area contributed by atoms with Gasteiger partial charge in [-0.05, 0) is 47.3 Å². The summed E-state index contributed by atoms with van der Waals surface area (Å²) in [6.45, 7) is 0.761. The summed E-state index contributed by atoms with van der Waals surface area (Å²) in [6, 6.07) is 3.05. The Morgan fingerprint density at radius 2 is 2.33 bits per heavy atom. The van der Waals surface area contributed by atoms with Crippen LogP contribution in [-0.4, -0.2) is 18.5 Å². The van der Waals surface area contributed by atoms with Crippen LogP contribution < -0.4 is 0 Å². The summed E-state index contributed by atoms with van der Waals surface area (Å²) in [5.74, 6) is -0.874. The number of hydrogen-bond donors (Lipinski definition) is 0. The fraction of sp³-hybridized carbons (Fsp3) is 0.462. The lowest BCUT2D eigenvalue weighted by molar-refractivity contribution is 0.0856. The van der Waals surface area contributed by atoms with Crippen LogP contribution in [0.25, 0.3) is 0 Å². The van der Waals surface area contributed by atoms with Gasteiger partial charge >= 0.3 is 0 Å². The van der Waals surface area contributed by atoms with Crippen molar-refractivity contribution < 1.29 is 13.9 Å². The Morgan fingerprint density at radius 3 is 3.00 bits per heavy atom. The van der Waals surface area contributed by atoms with Crippen LogP contribution in [0.4, 0.5) is 4.39 Å². The van der Waals surface area contributed by atoms with Crippen molar-refractivity contribution in [2.45, 2.75) is 31.8 Å². The SMILES string of the molecule is O=C(CCC1CCCO1)c1ccc(Br)c(Cl)c1F. The van der Waals surface area contributed by atoms with Crippen LogP contribution in [0.5, 0.6) is 0 Å². The molecule has 18 heavy (non-hydrogen) atoms. The van der Waals surface area contributed by atoms with Gasteiger partial charge in [-0.3, -0.25) is 4.79 Å². The number of Topliss-reactive ketones (excluding diaryl/α,β-unsaturated/α-hetero) is 1. The van der Waals surface area contributed by atoms with E-state index in [0.717, 1.165) is 19.4 Å². The van der Waals surface area contributed by atoms with Crippen LogP contribution in [0.1, 0.15) is 36.0 Å². The maximum Gasteiger partial charge on any atom is 0.165 e. The van der Waals surface area contributed by atoms with Crippen molar-refractivity contribution in [3.8, 4) is 0 Å². The largest absolute Gasteiger partial charge is 0.378 e. The van der Waals surface area contributed by atoms with Gasteiger partial charge < -0.3 is 4.74 Å². The zero-order valence-corrected chi connectivity index (χ0v) is 12.1. The molecule has 1 aromatic carbocycles. The van der Waals surface area contributed by atoms with Crippen molar-refractivity contribution in [3.05, 3.63) is 33.0 Å². The highest BCUT2D eigenvalue weighted by Crippen LogP contribution is 2.28. The highest BCUT2D eigenvalue weighted by molar-refractivity contribution is 9.10. The second-order valence-electron chi connectivity index (χ2n) is 4.32. The Hall–Kier alpha value is -0.450. The van der Waals surface area contributed by atoms with Crippen LogP contribution in [0, 0.1) is 5.82 Å². The summed E-state index contributed by atoms with van der Waals surface area (Å²) < 4.78 is 19.7. The average Bonchev–Trinajstić information content (AvgIpc) is 2.86. The van der Waals surface area contributed by atoms with Crippen LogP contribution in [-0.2, 0) is 4.74 Å². The topological polar surface area (TPSA) is 26.3 Å². The molecular formula is C13H13BrClFO2. The molecular weight excluding hydrogens is 322 g/mol. The number of carbonyl (C=O) groups excluding carboxylic acids is 1. The minimum Gasteiger partial charge on any atom is -0.378 e. The van der Waals surface area contributed by atoms with Crippen LogP contribution in [0.3, 0.4) is 0 Å². The summed E-state index contributed by atoms with van der Waals surface area (Å²) in [5, 5.41) is -0.0435. The zero-order chi connectivity index (χ0) is 13.1. The molecule has 0 amide bonds. The van der Waals surface area contributed by atoms with Crippen molar-refractivity contribution in [2.75, 3.05) is 6.61 Å². The Labute approximate surface area is 119 Å². The molecule has 2 nitrogen and oxygen atoms in total. The molecule has 2 rings (SSSR count). The molecule has 1 heterocycles. The van der Waals surface area contributed by atoms with Gasteiger partial charge in [0.2, 0.25) is 0 Å². The Morgan fingerprint density at radius 1 is 1.56 bits per heavy atom. The minimum atomic E-state index is -0.650. The predicted octanol–water partition coefficient (Wildman–Crippen LogP) is 4.38. The number of benzene rings is 1. The standard InChI is InChI=1S/C13H13BrClFO2/c14-10-5-4-9(13(16)12(10)15)11(17)6-3-8-2-1-7-18-8/h4-5,8H,1-3,6-7H2. The van der Waals surface area contributed by atoms with E-state index >= 15 is 0 Å². The second-order valence-corrected chi connectivity index (χ2v) is 5.55. The smallest absolute Gasteiger partial charge is 0.165 e. The first kappa shape index (κ1) is 14.0. The van der Waals surface area contributed by atoms with Gasteiger partial charge in [-0.2, -0.15) is 0 Å². The lowest BCUT2D eigenvalue weighted by atomic mass is 10.0. The van der Waals surface area contributed by atoms with Crippen molar-refractivity contribution >= 4 is 33.3 Å². The maximum atomic E-state index is 13.8. The normalized spacial score (nSPS) is 19.2. The highest BCUT2D eigenvalue weighted by Gasteiger charge is 2.20. The van der Waals surface area contributed by atoms with E-state index in [4.69, 9.17) is 16.3 Å². The molecule has 1 aromatic rings. The quantitative estimate of drug-likeness (QED) is 0.603. The predicted molar refractivity (Wildman–Crippen MR) is 71.6 cm³/mol. The van der Waals surface area contributed by atoms with Crippen LogP contribution in [0.2, 0.25) is 5.02 Å². The first-order valence-electron chi connectivity index (χ1n) is 5.88. The molecule has 0 bridgehead atoms. The van der Waals surface area contributed by atoms with E-state index in [1.165, 1.54) is 6.07 Å². The van der Waals surface area contributed by atoms with Gasteiger partial charge in [0.1, 0.15) is 0 Å². The number of carbonyl (C=O) groups is 1. The Bertz CT molecular complexity index is 459. The van der Waals surface area contributed by atoms with E-state index in [1.807, 2.05) is 0 Å². The van der Waals surface area contributed by atoms with Gasteiger partial charge in [-0.1, -0.05) is 11.6 Å².